The molecule has 5 nitrogen and oxygen atoms in total. The minimum atomic E-state index is -3.23. The maximum Gasteiger partial charge on any atom is 0.215 e. The number of rotatable bonds is 4. The molecular formula is C13H19NO4S. The lowest BCUT2D eigenvalue weighted by Crippen LogP contribution is -2.35. The third-order valence-electron chi connectivity index (χ3n) is 3.90. The Balaban J connectivity index is 1.75. The zero-order valence-electron chi connectivity index (χ0n) is 10.8. The Labute approximate surface area is 113 Å². The van der Waals surface area contributed by atoms with Crippen LogP contribution in [0.2, 0.25) is 0 Å². The molecule has 0 amide bonds. The second-order valence-electron chi connectivity index (χ2n) is 5.29. The van der Waals surface area contributed by atoms with E-state index in [9.17, 15) is 8.42 Å². The van der Waals surface area contributed by atoms with Gasteiger partial charge in [0.05, 0.1) is 24.7 Å². The molecule has 1 aromatic rings. The van der Waals surface area contributed by atoms with E-state index in [1.165, 1.54) is 0 Å². The lowest BCUT2D eigenvalue weighted by atomic mass is 10.2. The first-order chi connectivity index (χ1) is 9.17. The SMILES string of the molecule is O=S(=O)(C[C@H]1CCOC1)N1CCC[C@@H]1c1ccco1. The maximum absolute atomic E-state index is 12.5. The van der Waals surface area contributed by atoms with E-state index in [4.69, 9.17) is 9.15 Å². The van der Waals surface area contributed by atoms with Gasteiger partial charge in [-0.1, -0.05) is 0 Å². The van der Waals surface area contributed by atoms with E-state index in [1.807, 2.05) is 12.1 Å². The highest BCUT2D eigenvalue weighted by Gasteiger charge is 2.38. The number of hydrogen-bond donors (Lipinski definition) is 0. The van der Waals surface area contributed by atoms with Crippen LogP contribution in [0.3, 0.4) is 0 Å². The van der Waals surface area contributed by atoms with Crippen molar-refractivity contribution >= 4 is 10.0 Å². The van der Waals surface area contributed by atoms with Crippen molar-refractivity contribution in [3.8, 4) is 0 Å². The fourth-order valence-corrected chi connectivity index (χ4v) is 5.00. The molecule has 0 saturated carbocycles. The average molecular weight is 285 g/mol. The number of sulfonamides is 1. The number of nitrogens with zero attached hydrogens (tertiary/aromatic N) is 1. The van der Waals surface area contributed by atoms with Crippen molar-refractivity contribution in [2.24, 2.45) is 5.92 Å². The minimum Gasteiger partial charge on any atom is -0.468 e. The van der Waals surface area contributed by atoms with Crippen molar-refractivity contribution in [1.29, 1.82) is 0 Å². The van der Waals surface area contributed by atoms with E-state index < -0.39 is 10.0 Å². The Morgan fingerprint density at radius 3 is 2.95 bits per heavy atom. The summed E-state index contributed by atoms with van der Waals surface area (Å²) in [6, 6.07) is 3.54. The van der Waals surface area contributed by atoms with Crippen LogP contribution in [0.5, 0.6) is 0 Å². The summed E-state index contributed by atoms with van der Waals surface area (Å²) in [5.41, 5.74) is 0. The van der Waals surface area contributed by atoms with Crippen molar-refractivity contribution in [3.63, 3.8) is 0 Å². The molecule has 2 aliphatic heterocycles. The van der Waals surface area contributed by atoms with Crippen LogP contribution in [0.25, 0.3) is 0 Å². The molecule has 0 aliphatic carbocycles. The van der Waals surface area contributed by atoms with Gasteiger partial charge in [0, 0.05) is 13.2 Å². The average Bonchev–Trinajstić information content (AvgIpc) is 3.11. The molecule has 0 N–H and O–H groups in total. The monoisotopic (exact) mass is 285 g/mol. The lowest BCUT2D eigenvalue weighted by Gasteiger charge is -2.23. The quantitative estimate of drug-likeness (QED) is 0.846. The van der Waals surface area contributed by atoms with Crippen molar-refractivity contribution in [2.75, 3.05) is 25.5 Å². The molecule has 2 saturated heterocycles. The Morgan fingerprint density at radius 1 is 1.37 bits per heavy atom. The number of furan rings is 1. The molecule has 0 unspecified atom stereocenters. The fourth-order valence-electron chi connectivity index (χ4n) is 2.95. The van der Waals surface area contributed by atoms with Crippen LogP contribution >= 0.6 is 0 Å². The fraction of sp³-hybridized carbons (Fsp3) is 0.692. The van der Waals surface area contributed by atoms with Gasteiger partial charge in [0.25, 0.3) is 0 Å². The van der Waals surface area contributed by atoms with Crippen molar-refractivity contribution in [1.82, 2.24) is 4.31 Å². The zero-order valence-corrected chi connectivity index (χ0v) is 11.6. The van der Waals surface area contributed by atoms with E-state index >= 15 is 0 Å². The second kappa shape index (κ2) is 5.26. The van der Waals surface area contributed by atoms with Crippen LogP contribution in [0.4, 0.5) is 0 Å². The first-order valence-corrected chi connectivity index (χ1v) is 8.38. The topological polar surface area (TPSA) is 59.8 Å². The van der Waals surface area contributed by atoms with Gasteiger partial charge in [-0.05, 0) is 37.3 Å². The molecule has 2 atom stereocenters. The first-order valence-electron chi connectivity index (χ1n) is 6.77. The van der Waals surface area contributed by atoms with Gasteiger partial charge in [-0.25, -0.2) is 8.42 Å². The molecule has 0 radical (unpaired) electrons. The van der Waals surface area contributed by atoms with Crippen LogP contribution in [-0.4, -0.2) is 38.2 Å². The Bertz CT molecular complexity index is 505. The molecule has 6 heteroatoms. The molecule has 1 aromatic heterocycles. The highest BCUT2D eigenvalue weighted by Crippen LogP contribution is 2.35. The van der Waals surface area contributed by atoms with Gasteiger partial charge in [-0.15, -0.1) is 0 Å². The van der Waals surface area contributed by atoms with Crippen LogP contribution in [-0.2, 0) is 14.8 Å². The van der Waals surface area contributed by atoms with Crippen LogP contribution in [0.15, 0.2) is 22.8 Å². The normalized spacial score (nSPS) is 29.1. The van der Waals surface area contributed by atoms with E-state index in [0.717, 1.165) is 25.0 Å². The van der Waals surface area contributed by atoms with E-state index in [0.29, 0.717) is 19.8 Å². The molecule has 0 bridgehead atoms. The third-order valence-corrected chi connectivity index (χ3v) is 5.95. The molecule has 3 rings (SSSR count). The summed E-state index contributed by atoms with van der Waals surface area (Å²) in [5.74, 6) is 1.09. The molecule has 2 aliphatic rings. The highest BCUT2D eigenvalue weighted by atomic mass is 32.2. The Kier molecular flexibility index (Phi) is 3.64. The number of ether oxygens (including phenoxy) is 1. The van der Waals surface area contributed by atoms with Gasteiger partial charge < -0.3 is 9.15 Å². The standard InChI is InChI=1S/C13H19NO4S/c15-19(16,10-11-5-8-17-9-11)14-6-1-3-12(14)13-4-2-7-18-13/h2,4,7,11-12H,1,3,5-6,8-10H2/t11-,12+/m0/s1. The Hall–Kier alpha value is -0.850. The van der Waals surface area contributed by atoms with Crippen molar-refractivity contribution in [2.45, 2.75) is 25.3 Å². The van der Waals surface area contributed by atoms with Gasteiger partial charge in [-0.3, -0.25) is 0 Å². The van der Waals surface area contributed by atoms with Gasteiger partial charge in [-0.2, -0.15) is 4.31 Å². The summed E-state index contributed by atoms with van der Waals surface area (Å²) in [6.45, 7) is 1.85. The predicted molar refractivity (Wildman–Crippen MR) is 70.1 cm³/mol. The molecule has 106 valence electrons. The third kappa shape index (κ3) is 2.70. The summed E-state index contributed by atoms with van der Waals surface area (Å²) in [6.07, 6.45) is 4.18. The minimum absolute atomic E-state index is 0.123. The Morgan fingerprint density at radius 2 is 2.26 bits per heavy atom. The molecular weight excluding hydrogens is 266 g/mol. The van der Waals surface area contributed by atoms with Gasteiger partial charge in [0.15, 0.2) is 0 Å². The van der Waals surface area contributed by atoms with Crippen LogP contribution in [0, 0.1) is 5.92 Å². The second-order valence-corrected chi connectivity index (χ2v) is 7.26. The molecule has 2 fully saturated rings. The molecule has 0 spiro atoms. The van der Waals surface area contributed by atoms with E-state index in [1.54, 1.807) is 10.6 Å². The van der Waals surface area contributed by atoms with Gasteiger partial charge in [0.1, 0.15) is 5.76 Å². The van der Waals surface area contributed by atoms with Gasteiger partial charge >= 0.3 is 0 Å². The highest BCUT2D eigenvalue weighted by molar-refractivity contribution is 7.89. The van der Waals surface area contributed by atoms with E-state index in [2.05, 4.69) is 0 Å². The van der Waals surface area contributed by atoms with E-state index in [-0.39, 0.29) is 17.7 Å². The summed E-state index contributed by atoms with van der Waals surface area (Å²) >= 11 is 0. The smallest absolute Gasteiger partial charge is 0.215 e. The summed E-state index contributed by atoms with van der Waals surface area (Å²) in [7, 11) is -3.23. The predicted octanol–water partition coefficient (Wildman–Crippen LogP) is 1.78. The van der Waals surface area contributed by atoms with Crippen LogP contribution < -0.4 is 0 Å². The summed E-state index contributed by atoms with van der Waals surface area (Å²) in [4.78, 5) is 0. The number of hydrogen-bond acceptors (Lipinski definition) is 4. The maximum atomic E-state index is 12.5. The summed E-state index contributed by atoms with van der Waals surface area (Å²) < 4.78 is 37.3. The van der Waals surface area contributed by atoms with Crippen molar-refractivity contribution < 1.29 is 17.6 Å². The largest absolute Gasteiger partial charge is 0.468 e. The molecule has 0 aromatic carbocycles. The summed E-state index contributed by atoms with van der Waals surface area (Å²) in [5, 5.41) is 0. The lowest BCUT2D eigenvalue weighted by molar-refractivity contribution is 0.188. The zero-order chi connectivity index (χ0) is 13.3. The van der Waals surface area contributed by atoms with Crippen LogP contribution in [0.1, 0.15) is 31.1 Å². The molecule has 19 heavy (non-hydrogen) atoms. The van der Waals surface area contributed by atoms with Gasteiger partial charge in [0.2, 0.25) is 10.0 Å². The van der Waals surface area contributed by atoms with Crippen molar-refractivity contribution in [3.05, 3.63) is 24.2 Å². The first kappa shape index (κ1) is 13.1. The molecule has 3 heterocycles.